The van der Waals surface area contributed by atoms with Crippen LogP contribution in [-0.2, 0) is 16.6 Å². The van der Waals surface area contributed by atoms with Crippen molar-refractivity contribution < 1.29 is 13.2 Å². The quantitative estimate of drug-likeness (QED) is 0.620. The van der Waals surface area contributed by atoms with Gasteiger partial charge in [-0.2, -0.15) is 0 Å². The maximum absolute atomic E-state index is 12.1. The molecule has 0 aliphatic carbocycles. The van der Waals surface area contributed by atoms with Crippen molar-refractivity contribution in [3.8, 4) is 0 Å². The van der Waals surface area contributed by atoms with E-state index in [1.165, 1.54) is 19.3 Å². The minimum Gasteiger partial charge on any atom is -0.356 e. The van der Waals surface area contributed by atoms with Crippen molar-refractivity contribution in [1.82, 2.24) is 20.0 Å². The number of H-pyrrole nitrogens is 2. The standard InChI is InChI=1S/C14H18N4O4S/c1-8-4-9(2)18-13(19)11(8)7-17-14(20)12-5-10(6-16-12)23(21,22)15-3/h4-6,15-16H,7H2,1-3H3,(H,17,20)(H,18,19). The van der Waals surface area contributed by atoms with Gasteiger partial charge < -0.3 is 15.3 Å². The summed E-state index contributed by atoms with van der Waals surface area (Å²) in [5.41, 5.74) is 1.82. The molecular formula is C14H18N4O4S. The van der Waals surface area contributed by atoms with E-state index in [0.29, 0.717) is 5.56 Å². The number of aryl methyl sites for hydroxylation is 2. The molecule has 0 aliphatic heterocycles. The van der Waals surface area contributed by atoms with Gasteiger partial charge in [0.05, 0.1) is 0 Å². The van der Waals surface area contributed by atoms with E-state index in [4.69, 9.17) is 0 Å². The summed E-state index contributed by atoms with van der Waals surface area (Å²) in [6.07, 6.45) is 1.23. The number of amides is 1. The minimum atomic E-state index is -3.61. The lowest BCUT2D eigenvalue weighted by atomic mass is 10.1. The van der Waals surface area contributed by atoms with Crippen molar-refractivity contribution in [2.45, 2.75) is 25.3 Å². The van der Waals surface area contributed by atoms with Crippen LogP contribution in [0.15, 0.2) is 28.0 Å². The van der Waals surface area contributed by atoms with E-state index >= 15 is 0 Å². The normalized spacial score (nSPS) is 11.4. The smallest absolute Gasteiger partial charge is 0.268 e. The molecule has 0 saturated heterocycles. The average molecular weight is 338 g/mol. The van der Waals surface area contributed by atoms with E-state index in [1.807, 2.05) is 6.07 Å². The molecule has 8 nitrogen and oxygen atoms in total. The first-order valence-corrected chi connectivity index (χ1v) is 8.32. The fraction of sp³-hybridized carbons (Fsp3) is 0.286. The first kappa shape index (κ1) is 17.0. The van der Waals surface area contributed by atoms with Gasteiger partial charge >= 0.3 is 0 Å². The predicted molar refractivity (Wildman–Crippen MR) is 84.7 cm³/mol. The highest BCUT2D eigenvalue weighted by Crippen LogP contribution is 2.10. The van der Waals surface area contributed by atoms with E-state index in [-0.39, 0.29) is 22.7 Å². The number of hydrogen-bond donors (Lipinski definition) is 4. The maximum atomic E-state index is 12.1. The fourth-order valence-electron chi connectivity index (χ4n) is 2.14. The zero-order valence-electron chi connectivity index (χ0n) is 13.0. The number of rotatable bonds is 5. The Bertz CT molecular complexity index is 896. The maximum Gasteiger partial charge on any atom is 0.268 e. The summed E-state index contributed by atoms with van der Waals surface area (Å²) in [7, 11) is -2.33. The number of carbonyl (C=O) groups excluding carboxylic acids is 1. The Kier molecular flexibility index (Phi) is 4.71. The molecule has 0 bridgehead atoms. The Morgan fingerprint density at radius 2 is 1.96 bits per heavy atom. The summed E-state index contributed by atoms with van der Waals surface area (Å²) in [5.74, 6) is -0.498. The van der Waals surface area contributed by atoms with Gasteiger partial charge in [0.1, 0.15) is 10.6 Å². The van der Waals surface area contributed by atoms with Gasteiger partial charge in [-0.3, -0.25) is 9.59 Å². The van der Waals surface area contributed by atoms with Gasteiger partial charge in [-0.25, -0.2) is 13.1 Å². The van der Waals surface area contributed by atoms with Gasteiger partial charge in [-0.1, -0.05) is 0 Å². The van der Waals surface area contributed by atoms with Crippen LogP contribution in [0.3, 0.4) is 0 Å². The molecule has 2 aromatic heterocycles. The lowest BCUT2D eigenvalue weighted by Crippen LogP contribution is -2.28. The molecule has 0 aliphatic rings. The van der Waals surface area contributed by atoms with E-state index in [2.05, 4.69) is 20.0 Å². The van der Waals surface area contributed by atoms with Gasteiger partial charge in [0.2, 0.25) is 10.0 Å². The number of hydrogen-bond acceptors (Lipinski definition) is 4. The van der Waals surface area contributed by atoms with Crippen LogP contribution in [0.1, 0.15) is 27.3 Å². The summed E-state index contributed by atoms with van der Waals surface area (Å²) in [6, 6.07) is 3.04. The topological polar surface area (TPSA) is 124 Å². The molecule has 0 unspecified atom stereocenters. The minimum absolute atomic E-state index is 0.0329. The van der Waals surface area contributed by atoms with E-state index in [9.17, 15) is 18.0 Å². The van der Waals surface area contributed by atoms with Crippen molar-refractivity contribution in [3.63, 3.8) is 0 Å². The SMILES string of the molecule is CNS(=O)(=O)c1c[nH]c(C(=O)NCc2c(C)cc(C)[nH]c2=O)c1. The van der Waals surface area contributed by atoms with Crippen molar-refractivity contribution in [1.29, 1.82) is 0 Å². The van der Waals surface area contributed by atoms with Crippen molar-refractivity contribution in [2.24, 2.45) is 0 Å². The van der Waals surface area contributed by atoms with Gasteiger partial charge in [-0.05, 0) is 38.6 Å². The van der Waals surface area contributed by atoms with Gasteiger partial charge in [0.25, 0.3) is 11.5 Å². The molecule has 2 aromatic rings. The number of aromatic nitrogens is 2. The molecule has 124 valence electrons. The highest BCUT2D eigenvalue weighted by atomic mass is 32.2. The van der Waals surface area contributed by atoms with E-state index in [1.54, 1.807) is 13.8 Å². The molecule has 0 aromatic carbocycles. The molecule has 0 radical (unpaired) electrons. The van der Waals surface area contributed by atoms with Crippen LogP contribution >= 0.6 is 0 Å². The Hall–Kier alpha value is -2.39. The molecule has 0 fully saturated rings. The van der Waals surface area contributed by atoms with Crippen LogP contribution in [0.5, 0.6) is 0 Å². The van der Waals surface area contributed by atoms with E-state index < -0.39 is 15.9 Å². The van der Waals surface area contributed by atoms with E-state index in [0.717, 1.165) is 11.3 Å². The fourth-order valence-corrected chi connectivity index (χ4v) is 2.87. The second kappa shape index (κ2) is 6.39. The van der Waals surface area contributed by atoms with Crippen LogP contribution in [-0.4, -0.2) is 31.3 Å². The largest absolute Gasteiger partial charge is 0.356 e. The van der Waals surface area contributed by atoms with Crippen LogP contribution in [0, 0.1) is 13.8 Å². The molecule has 2 heterocycles. The number of sulfonamides is 1. The summed E-state index contributed by atoms with van der Waals surface area (Å²) in [5, 5.41) is 2.59. The second-order valence-corrected chi connectivity index (χ2v) is 6.97. The lowest BCUT2D eigenvalue weighted by Gasteiger charge is -2.07. The third kappa shape index (κ3) is 3.69. The van der Waals surface area contributed by atoms with Gasteiger partial charge in [0.15, 0.2) is 0 Å². The molecule has 2 rings (SSSR count). The van der Waals surface area contributed by atoms with Crippen molar-refractivity contribution in [2.75, 3.05) is 7.05 Å². The number of nitrogens with one attached hydrogen (secondary N) is 4. The third-order valence-electron chi connectivity index (χ3n) is 3.40. The number of aromatic amines is 2. The molecule has 9 heteroatoms. The van der Waals surface area contributed by atoms with Crippen LogP contribution in [0.25, 0.3) is 0 Å². The molecule has 0 spiro atoms. The summed E-state index contributed by atoms with van der Waals surface area (Å²) in [4.78, 5) is 29.2. The molecule has 1 amide bonds. The highest BCUT2D eigenvalue weighted by molar-refractivity contribution is 7.89. The number of pyridine rings is 1. The van der Waals surface area contributed by atoms with Crippen molar-refractivity contribution >= 4 is 15.9 Å². The molecule has 0 atom stereocenters. The number of carbonyl (C=O) groups is 1. The first-order valence-electron chi connectivity index (χ1n) is 6.84. The zero-order chi connectivity index (χ0) is 17.2. The average Bonchev–Trinajstić information content (AvgIpc) is 2.96. The Morgan fingerprint density at radius 3 is 2.57 bits per heavy atom. The first-order chi connectivity index (χ1) is 10.7. The Morgan fingerprint density at radius 1 is 1.26 bits per heavy atom. The Labute approximate surface area is 133 Å². The van der Waals surface area contributed by atoms with Crippen LogP contribution < -0.4 is 15.6 Å². The van der Waals surface area contributed by atoms with Crippen LogP contribution in [0.2, 0.25) is 0 Å². The van der Waals surface area contributed by atoms with Crippen LogP contribution in [0.4, 0.5) is 0 Å². The molecule has 0 saturated carbocycles. The van der Waals surface area contributed by atoms with Crippen molar-refractivity contribution in [3.05, 3.63) is 51.2 Å². The predicted octanol–water partition coefficient (Wildman–Crippen LogP) is 0.158. The molecular weight excluding hydrogens is 320 g/mol. The summed E-state index contributed by atoms with van der Waals surface area (Å²) >= 11 is 0. The molecule has 4 N–H and O–H groups in total. The Balaban J connectivity index is 2.14. The van der Waals surface area contributed by atoms with Gasteiger partial charge in [-0.15, -0.1) is 0 Å². The summed E-state index contributed by atoms with van der Waals surface area (Å²) < 4.78 is 25.4. The molecule has 23 heavy (non-hydrogen) atoms. The zero-order valence-corrected chi connectivity index (χ0v) is 13.8. The third-order valence-corrected chi connectivity index (χ3v) is 4.79. The highest BCUT2D eigenvalue weighted by Gasteiger charge is 2.17. The van der Waals surface area contributed by atoms with Gasteiger partial charge in [0, 0.05) is 24.0 Å². The second-order valence-electron chi connectivity index (χ2n) is 5.08. The lowest BCUT2D eigenvalue weighted by molar-refractivity contribution is 0.0946. The summed E-state index contributed by atoms with van der Waals surface area (Å²) in [6.45, 7) is 3.61. The monoisotopic (exact) mass is 338 g/mol.